The number of fused-ring (bicyclic) bond motifs is 3. The number of nitriles is 1. The summed E-state index contributed by atoms with van der Waals surface area (Å²) in [6, 6.07) is 14.0. The van der Waals surface area contributed by atoms with Gasteiger partial charge in [0.05, 0.1) is 42.5 Å². The van der Waals surface area contributed by atoms with E-state index in [1.54, 1.807) is 0 Å². The molecule has 1 aromatic heterocycles. The van der Waals surface area contributed by atoms with Crippen LogP contribution in [0.2, 0.25) is 5.02 Å². The van der Waals surface area contributed by atoms with Gasteiger partial charge in [-0.25, -0.2) is 4.39 Å². The molecule has 0 bridgehead atoms. The minimum Gasteiger partial charge on any atom is -0.461 e. The molecule has 4 aliphatic heterocycles. The molecule has 5 heterocycles. The van der Waals surface area contributed by atoms with Crippen molar-refractivity contribution in [2.45, 2.75) is 69.2 Å². The van der Waals surface area contributed by atoms with E-state index in [2.05, 4.69) is 28.5 Å². The molecular formula is C35H38ClFN6O3. The number of carbonyl (C=O) groups is 1. The predicted molar refractivity (Wildman–Crippen MR) is 173 cm³/mol. The highest BCUT2D eigenvalue weighted by Crippen LogP contribution is 2.41. The minimum atomic E-state index is -1.03. The second kappa shape index (κ2) is 12.8. The number of halogens is 2. The van der Waals surface area contributed by atoms with Crippen LogP contribution in [0.15, 0.2) is 48.8 Å². The average molecular weight is 645 g/mol. The fourth-order valence-electron chi connectivity index (χ4n) is 7.92. The summed E-state index contributed by atoms with van der Waals surface area (Å²) in [5.41, 5.74) is 2.73. The van der Waals surface area contributed by atoms with Crippen molar-refractivity contribution < 1.29 is 18.7 Å². The Kier molecular flexibility index (Phi) is 8.57. The summed E-state index contributed by atoms with van der Waals surface area (Å²) in [7, 11) is 0. The van der Waals surface area contributed by atoms with Crippen LogP contribution in [0.4, 0.5) is 10.2 Å². The number of nitrogens with zero attached hydrogens (tertiary/aromatic N) is 6. The SMILES string of the molecule is C=C(F)C(=O)N1CCN(c2nc(OCC34CCCCN3CCC4)nc3c2COC(c2cccc4cccc(Cl)c24)C3)C[C@@H]1CC#N. The Morgan fingerprint density at radius 2 is 1.93 bits per heavy atom. The van der Waals surface area contributed by atoms with E-state index in [4.69, 9.17) is 31.0 Å². The molecule has 3 aromatic rings. The summed E-state index contributed by atoms with van der Waals surface area (Å²) < 4.78 is 26.9. The van der Waals surface area contributed by atoms with Gasteiger partial charge in [0.25, 0.3) is 5.91 Å². The number of hydrogen-bond acceptors (Lipinski definition) is 8. The van der Waals surface area contributed by atoms with E-state index in [-0.39, 0.29) is 31.2 Å². The normalized spacial score (nSPS) is 24.7. The van der Waals surface area contributed by atoms with Crippen LogP contribution < -0.4 is 9.64 Å². The molecule has 0 N–H and O–H groups in total. The standard InChI is InChI=1S/C35H38ClFN6O3/c1-23(37)33(44)43-18-17-41(20-25(43)11-14-38)32-27-21-45-30(26-9-4-7-24-8-5-10-28(36)31(24)26)19-29(27)39-34(40-32)46-22-35-12-2-3-15-42(35)16-6-13-35/h4-5,7-10,25,30H,1-3,6,11-13,15-22H2/t25-,30?,35?/m0/s1. The number of aromatic nitrogens is 2. The topological polar surface area (TPSA) is 94.8 Å². The number of piperazine rings is 1. The van der Waals surface area contributed by atoms with E-state index in [1.165, 1.54) is 24.2 Å². The van der Waals surface area contributed by atoms with Crippen molar-refractivity contribution in [3.63, 3.8) is 0 Å². The lowest BCUT2D eigenvalue weighted by Crippen LogP contribution is -2.55. The zero-order chi connectivity index (χ0) is 31.8. The number of piperidine rings is 1. The lowest BCUT2D eigenvalue weighted by atomic mass is 9.87. The lowest BCUT2D eigenvalue weighted by molar-refractivity contribution is -0.131. The third-order valence-electron chi connectivity index (χ3n) is 10.2. The number of anilines is 1. The zero-order valence-corrected chi connectivity index (χ0v) is 26.6. The molecule has 46 heavy (non-hydrogen) atoms. The van der Waals surface area contributed by atoms with Crippen molar-refractivity contribution in [2.75, 3.05) is 44.2 Å². The molecule has 3 atom stereocenters. The van der Waals surface area contributed by atoms with E-state index < -0.39 is 17.8 Å². The first-order valence-corrected chi connectivity index (χ1v) is 16.6. The summed E-state index contributed by atoms with van der Waals surface area (Å²) in [6.07, 6.45) is 6.08. The van der Waals surface area contributed by atoms with Gasteiger partial charge in [0, 0.05) is 42.0 Å². The monoisotopic (exact) mass is 644 g/mol. The van der Waals surface area contributed by atoms with Crippen LogP contribution in [0.5, 0.6) is 6.01 Å². The van der Waals surface area contributed by atoms with Crippen molar-refractivity contribution in [1.82, 2.24) is 19.8 Å². The molecule has 0 saturated carbocycles. The molecule has 0 aliphatic carbocycles. The fraction of sp³-hybridized carbons (Fsp3) is 0.486. The van der Waals surface area contributed by atoms with Crippen molar-refractivity contribution >= 4 is 34.1 Å². The van der Waals surface area contributed by atoms with Crippen molar-refractivity contribution in [3.8, 4) is 12.1 Å². The van der Waals surface area contributed by atoms with E-state index in [1.807, 2.05) is 30.3 Å². The Morgan fingerprint density at radius 3 is 2.76 bits per heavy atom. The van der Waals surface area contributed by atoms with Gasteiger partial charge in [-0.15, -0.1) is 0 Å². The molecule has 9 nitrogen and oxygen atoms in total. The molecule has 3 fully saturated rings. The van der Waals surface area contributed by atoms with E-state index >= 15 is 0 Å². The number of ether oxygens (including phenoxy) is 2. The first-order chi connectivity index (χ1) is 22.4. The lowest BCUT2D eigenvalue weighted by Gasteiger charge is -2.42. The highest BCUT2D eigenvalue weighted by Gasteiger charge is 2.43. The van der Waals surface area contributed by atoms with Gasteiger partial charge in [0.1, 0.15) is 12.4 Å². The van der Waals surface area contributed by atoms with Gasteiger partial charge in [-0.3, -0.25) is 9.69 Å². The van der Waals surface area contributed by atoms with Crippen LogP contribution in [-0.4, -0.2) is 76.6 Å². The first kappa shape index (κ1) is 30.9. The number of rotatable bonds is 7. The van der Waals surface area contributed by atoms with Crippen LogP contribution in [0.1, 0.15) is 61.4 Å². The molecule has 2 aromatic carbocycles. The fourth-order valence-corrected chi connectivity index (χ4v) is 8.21. The van der Waals surface area contributed by atoms with E-state index in [0.717, 1.165) is 53.5 Å². The van der Waals surface area contributed by atoms with Gasteiger partial charge in [0.2, 0.25) is 0 Å². The molecule has 4 aliphatic rings. The maximum Gasteiger partial charge on any atom is 0.318 e. The number of benzene rings is 2. The van der Waals surface area contributed by atoms with Gasteiger partial charge < -0.3 is 19.3 Å². The molecule has 0 radical (unpaired) electrons. The van der Waals surface area contributed by atoms with Crippen molar-refractivity contribution in [2.24, 2.45) is 0 Å². The van der Waals surface area contributed by atoms with Gasteiger partial charge >= 0.3 is 6.01 Å². The maximum absolute atomic E-state index is 13.9. The highest BCUT2D eigenvalue weighted by molar-refractivity contribution is 6.35. The summed E-state index contributed by atoms with van der Waals surface area (Å²) >= 11 is 6.69. The predicted octanol–water partition coefficient (Wildman–Crippen LogP) is 5.91. The third-order valence-corrected chi connectivity index (χ3v) is 10.5. The smallest absolute Gasteiger partial charge is 0.318 e. The summed E-state index contributed by atoms with van der Waals surface area (Å²) in [5.74, 6) is -1.13. The van der Waals surface area contributed by atoms with Crippen LogP contribution >= 0.6 is 11.6 Å². The average Bonchev–Trinajstić information content (AvgIpc) is 3.51. The van der Waals surface area contributed by atoms with Crippen LogP contribution in [-0.2, 0) is 22.6 Å². The summed E-state index contributed by atoms with van der Waals surface area (Å²) in [6.45, 7) is 7.15. The van der Waals surface area contributed by atoms with Crippen LogP contribution in [0, 0.1) is 11.3 Å². The van der Waals surface area contributed by atoms with Gasteiger partial charge in [-0.05, 0) is 55.8 Å². The van der Waals surface area contributed by atoms with Crippen LogP contribution in [0.25, 0.3) is 10.8 Å². The molecular weight excluding hydrogens is 607 g/mol. The Morgan fingerprint density at radius 1 is 1.13 bits per heavy atom. The second-order valence-corrected chi connectivity index (χ2v) is 13.3. The van der Waals surface area contributed by atoms with E-state index in [0.29, 0.717) is 43.0 Å². The van der Waals surface area contributed by atoms with E-state index in [9.17, 15) is 14.4 Å². The molecule has 3 saturated heterocycles. The highest BCUT2D eigenvalue weighted by atomic mass is 35.5. The number of hydrogen-bond donors (Lipinski definition) is 0. The quantitative estimate of drug-likeness (QED) is 0.293. The second-order valence-electron chi connectivity index (χ2n) is 12.9. The Hall–Kier alpha value is -3.78. The Balaban J connectivity index is 1.23. The molecule has 0 spiro atoms. The molecule has 240 valence electrons. The van der Waals surface area contributed by atoms with Crippen LogP contribution in [0.3, 0.4) is 0 Å². The van der Waals surface area contributed by atoms with Crippen molar-refractivity contribution in [1.29, 1.82) is 5.26 Å². The molecule has 7 rings (SSSR count). The third kappa shape index (κ3) is 5.70. The number of amides is 1. The first-order valence-electron chi connectivity index (χ1n) is 16.2. The zero-order valence-electron chi connectivity index (χ0n) is 25.9. The van der Waals surface area contributed by atoms with Gasteiger partial charge in [0.15, 0.2) is 5.83 Å². The Labute approximate surface area is 273 Å². The molecule has 11 heteroatoms. The minimum absolute atomic E-state index is 0.0155. The molecule has 1 amide bonds. The van der Waals surface area contributed by atoms with Gasteiger partial charge in [-0.1, -0.05) is 54.9 Å². The Bertz CT molecular complexity index is 1710. The van der Waals surface area contributed by atoms with Crippen molar-refractivity contribution in [3.05, 3.63) is 70.6 Å². The largest absolute Gasteiger partial charge is 0.461 e. The molecule has 2 unspecified atom stereocenters. The maximum atomic E-state index is 13.9. The van der Waals surface area contributed by atoms with Gasteiger partial charge in [-0.2, -0.15) is 15.2 Å². The summed E-state index contributed by atoms with van der Waals surface area (Å²) in [4.78, 5) is 28.6. The number of carbonyl (C=O) groups excluding carboxylic acids is 1. The summed E-state index contributed by atoms with van der Waals surface area (Å²) in [5, 5.41) is 12.2.